The Morgan fingerprint density at radius 2 is 2.17 bits per heavy atom. The number of nitrogen functional groups attached to an aromatic ring is 1. The quantitative estimate of drug-likeness (QED) is 0.878. The van der Waals surface area contributed by atoms with E-state index in [9.17, 15) is 9.18 Å². The fourth-order valence-corrected chi connectivity index (χ4v) is 1.49. The Morgan fingerprint density at radius 1 is 1.39 bits per heavy atom. The minimum Gasteiger partial charge on any atom is -0.381 e. The number of halogens is 2. The zero-order chi connectivity index (χ0) is 13.1. The average Bonchev–Trinajstić information content (AvgIpc) is 2.32. The van der Waals surface area contributed by atoms with Crippen LogP contribution in [-0.2, 0) is 0 Å². The molecule has 8 heteroatoms. The van der Waals surface area contributed by atoms with Gasteiger partial charge in [-0.05, 0) is 22.0 Å². The molecule has 6 nitrogen and oxygen atoms in total. The molecule has 3 N–H and O–H groups in total. The molecule has 0 spiro atoms. The zero-order valence-electron chi connectivity index (χ0n) is 8.89. The second kappa shape index (κ2) is 5.05. The first kappa shape index (κ1) is 12.4. The molecule has 0 aliphatic rings. The fraction of sp³-hybridized carbons (Fsp3) is 0. The summed E-state index contributed by atoms with van der Waals surface area (Å²) in [5.74, 6) is -1.00. The third-order valence-electron chi connectivity index (χ3n) is 1.97. The molecule has 2 aromatic rings. The molecule has 2 rings (SSSR count). The minimum atomic E-state index is -0.600. The third kappa shape index (κ3) is 2.77. The topological polar surface area (TPSA) is 93.8 Å². The van der Waals surface area contributed by atoms with E-state index in [0.29, 0.717) is 4.60 Å². The van der Waals surface area contributed by atoms with Crippen LogP contribution >= 0.6 is 15.9 Å². The Labute approximate surface area is 110 Å². The van der Waals surface area contributed by atoms with Gasteiger partial charge in [-0.3, -0.25) is 9.78 Å². The highest BCUT2D eigenvalue weighted by atomic mass is 79.9. The number of anilines is 2. The molecule has 0 saturated heterocycles. The Bertz CT molecular complexity index is 607. The Hall–Kier alpha value is -2.09. The molecule has 1 amide bonds. The number of carbonyl (C=O) groups excluding carboxylic acids is 1. The van der Waals surface area contributed by atoms with E-state index >= 15 is 0 Å². The number of pyridine rings is 1. The van der Waals surface area contributed by atoms with Crippen LogP contribution in [0.4, 0.5) is 16.0 Å². The summed E-state index contributed by atoms with van der Waals surface area (Å²) in [6.07, 6.45) is 3.63. The summed E-state index contributed by atoms with van der Waals surface area (Å²) < 4.78 is 13.3. The first-order chi connectivity index (χ1) is 8.56. The van der Waals surface area contributed by atoms with Gasteiger partial charge in [0.15, 0.2) is 11.6 Å². The number of hydrogen-bond donors (Lipinski definition) is 2. The Morgan fingerprint density at radius 3 is 2.83 bits per heavy atom. The summed E-state index contributed by atoms with van der Waals surface area (Å²) in [5.41, 5.74) is 5.64. The van der Waals surface area contributed by atoms with Crippen molar-refractivity contribution in [3.05, 3.63) is 40.6 Å². The number of aromatic nitrogens is 3. The van der Waals surface area contributed by atoms with Gasteiger partial charge in [-0.15, -0.1) is 0 Å². The lowest BCUT2D eigenvalue weighted by Gasteiger charge is -2.06. The van der Waals surface area contributed by atoms with Crippen molar-refractivity contribution in [1.29, 1.82) is 0 Å². The van der Waals surface area contributed by atoms with Crippen LogP contribution in [0, 0.1) is 5.82 Å². The highest BCUT2D eigenvalue weighted by Gasteiger charge is 2.11. The lowest BCUT2D eigenvalue weighted by atomic mass is 10.2. The zero-order valence-corrected chi connectivity index (χ0v) is 10.5. The number of carbonyl (C=O) groups is 1. The van der Waals surface area contributed by atoms with Gasteiger partial charge in [-0.25, -0.2) is 14.4 Å². The predicted octanol–water partition coefficient (Wildman–Crippen LogP) is 1.61. The van der Waals surface area contributed by atoms with Gasteiger partial charge in [-0.2, -0.15) is 0 Å². The number of nitrogens with zero attached hydrogens (tertiary/aromatic N) is 3. The third-order valence-corrected chi connectivity index (χ3v) is 2.35. The van der Waals surface area contributed by atoms with Gasteiger partial charge in [0.1, 0.15) is 10.4 Å². The van der Waals surface area contributed by atoms with Crippen LogP contribution in [0.2, 0.25) is 0 Å². The van der Waals surface area contributed by atoms with Crippen LogP contribution in [0.25, 0.3) is 0 Å². The van der Waals surface area contributed by atoms with E-state index in [0.717, 1.165) is 12.3 Å². The molecule has 0 saturated carbocycles. The van der Waals surface area contributed by atoms with Crippen LogP contribution in [-0.4, -0.2) is 20.9 Å². The molecule has 18 heavy (non-hydrogen) atoms. The van der Waals surface area contributed by atoms with E-state index in [-0.39, 0.29) is 17.2 Å². The number of rotatable bonds is 2. The van der Waals surface area contributed by atoms with Gasteiger partial charge in [0.2, 0.25) is 0 Å². The largest absolute Gasteiger partial charge is 0.381 e. The second-order valence-corrected chi connectivity index (χ2v) is 4.09. The lowest BCUT2D eigenvalue weighted by Crippen LogP contribution is -2.15. The van der Waals surface area contributed by atoms with E-state index < -0.39 is 11.7 Å². The number of amides is 1. The molecule has 0 atom stereocenters. The molecule has 0 fully saturated rings. The van der Waals surface area contributed by atoms with Gasteiger partial charge in [0.25, 0.3) is 5.91 Å². The smallest absolute Gasteiger partial charge is 0.258 e. The van der Waals surface area contributed by atoms with E-state index in [2.05, 4.69) is 36.2 Å². The summed E-state index contributed by atoms with van der Waals surface area (Å²) in [4.78, 5) is 23.1. The molecule has 0 aromatic carbocycles. The van der Waals surface area contributed by atoms with Crippen molar-refractivity contribution < 1.29 is 9.18 Å². The molecule has 92 valence electrons. The molecule has 0 unspecified atom stereocenters. The van der Waals surface area contributed by atoms with E-state index in [1.165, 1.54) is 12.4 Å². The fourth-order valence-electron chi connectivity index (χ4n) is 1.19. The molecule has 0 aliphatic carbocycles. The normalized spacial score (nSPS) is 10.1. The predicted molar refractivity (Wildman–Crippen MR) is 66.3 cm³/mol. The highest BCUT2D eigenvalue weighted by Crippen LogP contribution is 2.16. The molecular formula is C10H7BrFN5O. The van der Waals surface area contributed by atoms with E-state index in [1.807, 2.05) is 0 Å². The molecule has 0 aliphatic heterocycles. The molecule has 0 radical (unpaired) electrons. The van der Waals surface area contributed by atoms with Crippen molar-refractivity contribution >= 4 is 33.5 Å². The van der Waals surface area contributed by atoms with Gasteiger partial charge in [-0.1, -0.05) is 0 Å². The van der Waals surface area contributed by atoms with Crippen molar-refractivity contribution in [3.8, 4) is 0 Å². The summed E-state index contributed by atoms with van der Waals surface area (Å²) in [5, 5.41) is 2.42. The van der Waals surface area contributed by atoms with Crippen molar-refractivity contribution in [1.82, 2.24) is 15.0 Å². The first-order valence-electron chi connectivity index (χ1n) is 4.76. The number of hydrogen-bond acceptors (Lipinski definition) is 5. The first-order valence-corrected chi connectivity index (χ1v) is 5.55. The van der Waals surface area contributed by atoms with Crippen molar-refractivity contribution in [3.63, 3.8) is 0 Å². The number of nitrogens with one attached hydrogen (secondary N) is 1. The maximum atomic E-state index is 12.9. The van der Waals surface area contributed by atoms with E-state index in [1.54, 1.807) is 0 Å². The maximum Gasteiger partial charge on any atom is 0.258 e. The standard InChI is InChI=1S/C10H7BrFN5O/c11-7-4-15-9(8(13)16-7)17-10(18)5-1-6(12)3-14-2-5/h1-4H,(H2,13,16)(H,15,17,18). The Balaban J connectivity index is 2.21. The Kier molecular flexibility index (Phi) is 3.47. The summed E-state index contributed by atoms with van der Waals surface area (Å²) in [6.45, 7) is 0. The average molecular weight is 312 g/mol. The SMILES string of the molecule is Nc1nc(Br)cnc1NC(=O)c1cncc(F)c1. The lowest BCUT2D eigenvalue weighted by molar-refractivity contribution is 0.102. The van der Waals surface area contributed by atoms with Crippen LogP contribution < -0.4 is 11.1 Å². The summed E-state index contributed by atoms with van der Waals surface area (Å²) >= 11 is 3.09. The second-order valence-electron chi connectivity index (χ2n) is 3.27. The molecule has 0 bridgehead atoms. The minimum absolute atomic E-state index is 0.0575. The van der Waals surface area contributed by atoms with Gasteiger partial charge in [0, 0.05) is 6.20 Å². The number of nitrogens with two attached hydrogens (primary N) is 1. The van der Waals surface area contributed by atoms with Crippen molar-refractivity contribution in [2.75, 3.05) is 11.1 Å². The molecule has 2 aromatic heterocycles. The monoisotopic (exact) mass is 311 g/mol. The maximum absolute atomic E-state index is 12.9. The van der Waals surface area contributed by atoms with Gasteiger partial charge < -0.3 is 11.1 Å². The summed E-state index contributed by atoms with van der Waals surface area (Å²) in [7, 11) is 0. The van der Waals surface area contributed by atoms with Crippen LogP contribution in [0.3, 0.4) is 0 Å². The van der Waals surface area contributed by atoms with Crippen LogP contribution in [0.15, 0.2) is 29.3 Å². The van der Waals surface area contributed by atoms with E-state index in [4.69, 9.17) is 5.73 Å². The van der Waals surface area contributed by atoms with Gasteiger partial charge >= 0.3 is 0 Å². The van der Waals surface area contributed by atoms with Crippen molar-refractivity contribution in [2.24, 2.45) is 0 Å². The highest BCUT2D eigenvalue weighted by molar-refractivity contribution is 9.10. The van der Waals surface area contributed by atoms with Gasteiger partial charge in [0.05, 0.1) is 18.0 Å². The van der Waals surface area contributed by atoms with Crippen LogP contribution in [0.5, 0.6) is 0 Å². The van der Waals surface area contributed by atoms with Crippen molar-refractivity contribution in [2.45, 2.75) is 0 Å². The van der Waals surface area contributed by atoms with Crippen LogP contribution in [0.1, 0.15) is 10.4 Å². The summed E-state index contributed by atoms with van der Waals surface area (Å²) in [6, 6.07) is 1.06. The molecular weight excluding hydrogens is 305 g/mol. The molecule has 2 heterocycles.